The molecule has 6 nitrogen and oxygen atoms in total. The van der Waals surface area contributed by atoms with Gasteiger partial charge in [0.1, 0.15) is 11.6 Å². The molecule has 2 amide bonds. The van der Waals surface area contributed by atoms with Gasteiger partial charge in [0.05, 0.1) is 10.6 Å². The first kappa shape index (κ1) is 14.9. The van der Waals surface area contributed by atoms with E-state index in [-0.39, 0.29) is 28.6 Å². The molecule has 8 heteroatoms. The molecule has 0 spiro atoms. The van der Waals surface area contributed by atoms with Gasteiger partial charge >= 0.3 is 6.09 Å². The molecule has 1 aromatic rings. The first-order chi connectivity index (χ1) is 10.3. The fourth-order valence-corrected chi connectivity index (χ4v) is 3.50. The maximum absolute atomic E-state index is 13.0. The van der Waals surface area contributed by atoms with Crippen LogP contribution in [0.3, 0.4) is 0 Å². The van der Waals surface area contributed by atoms with Crippen molar-refractivity contribution in [3.8, 4) is 5.75 Å². The maximum Gasteiger partial charge on any atom is 0.405 e. The number of halogens is 2. The van der Waals surface area contributed by atoms with Crippen LogP contribution >= 0.6 is 11.6 Å². The average molecular weight is 329 g/mol. The number of carboxylic acid groups (broad SMARTS) is 1. The Hall–Kier alpha value is -2.02. The first-order valence-electron chi connectivity index (χ1n) is 6.72. The lowest BCUT2D eigenvalue weighted by Crippen LogP contribution is -2.83. The second-order valence-corrected chi connectivity index (χ2v) is 6.34. The first-order valence-corrected chi connectivity index (χ1v) is 7.09. The van der Waals surface area contributed by atoms with Crippen LogP contribution in [0.5, 0.6) is 5.75 Å². The summed E-state index contributed by atoms with van der Waals surface area (Å²) in [5.41, 5.74) is -0.687. The minimum Gasteiger partial charge on any atom is -0.484 e. The predicted molar refractivity (Wildman–Crippen MR) is 75.5 cm³/mol. The minimum atomic E-state index is -1.05. The molecular formula is C14H14ClFN2O4. The van der Waals surface area contributed by atoms with Crippen molar-refractivity contribution >= 4 is 23.6 Å². The molecule has 0 atom stereocenters. The van der Waals surface area contributed by atoms with Gasteiger partial charge in [-0.1, -0.05) is 11.6 Å². The Kier molecular flexibility index (Phi) is 3.40. The summed E-state index contributed by atoms with van der Waals surface area (Å²) in [5, 5.41) is 14.0. The third-order valence-corrected chi connectivity index (χ3v) is 4.36. The smallest absolute Gasteiger partial charge is 0.405 e. The SMILES string of the molecule is O=C(O)NC12CC(NC(=O)COc3ccc(F)c(Cl)c3)(C1)C2. The monoisotopic (exact) mass is 328 g/mol. The second kappa shape index (κ2) is 5.01. The van der Waals surface area contributed by atoms with Crippen molar-refractivity contribution in [1.29, 1.82) is 0 Å². The van der Waals surface area contributed by atoms with Gasteiger partial charge in [-0.15, -0.1) is 0 Å². The van der Waals surface area contributed by atoms with Crippen molar-refractivity contribution in [3.05, 3.63) is 29.0 Å². The minimum absolute atomic E-state index is 0.0704. The van der Waals surface area contributed by atoms with Gasteiger partial charge in [-0.2, -0.15) is 0 Å². The molecule has 3 aliphatic carbocycles. The Bertz CT molecular complexity index is 632. The molecule has 1 aromatic carbocycles. The van der Waals surface area contributed by atoms with E-state index in [1.54, 1.807) is 0 Å². The molecule has 3 fully saturated rings. The molecule has 4 rings (SSSR count). The topological polar surface area (TPSA) is 87.7 Å². The molecule has 3 aliphatic rings. The molecule has 0 radical (unpaired) electrons. The van der Waals surface area contributed by atoms with Crippen LogP contribution in [0.4, 0.5) is 9.18 Å². The van der Waals surface area contributed by atoms with Crippen LogP contribution in [0.25, 0.3) is 0 Å². The number of hydrogen-bond donors (Lipinski definition) is 3. The Balaban J connectivity index is 1.45. The summed E-state index contributed by atoms with van der Waals surface area (Å²) in [6.45, 7) is -0.205. The summed E-state index contributed by atoms with van der Waals surface area (Å²) in [7, 11) is 0. The molecule has 0 saturated heterocycles. The molecule has 2 bridgehead atoms. The highest BCUT2D eigenvalue weighted by Crippen LogP contribution is 2.60. The van der Waals surface area contributed by atoms with E-state index in [0.29, 0.717) is 25.0 Å². The number of hydrogen-bond acceptors (Lipinski definition) is 3. The summed E-state index contributed by atoms with van der Waals surface area (Å²) >= 11 is 5.62. The number of rotatable bonds is 5. The van der Waals surface area contributed by atoms with E-state index < -0.39 is 11.9 Å². The van der Waals surface area contributed by atoms with Gasteiger partial charge in [-0.25, -0.2) is 9.18 Å². The van der Waals surface area contributed by atoms with Crippen molar-refractivity contribution in [2.45, 2.75) is 30.3 Å². The van der Waals surface area contributed by atoms with E-state index in [9.17, 15) is 14.0 Å². The summed E-state index contributed by atoms with van der Waals surface area (Å²) in [6, 6.07) is 3.86. The summed E-state index contributed by atoms with van der Waals surface area (Å²) in [5.74, 6) is -0.546. The van der Waals surface area contributed by atoms with Crippen LogP contribution in [0, 0.1) is 5.82 Å². The highest BCUT2D eigenvalue weighted by Gasteiger charge is 2.69. The molecule has 0 heterocycles. The van der Waals surface area contributed by atoms with Crippen molar-refractivity contribution in [2.75, 3.05) is 6.61 Å². The highest BCUT2D eigenvalue weighted by molar-refractivity contribution is 6.30. The summed E-state index contributed by atoms with van der Waals surface area (Å²) in [6.07, 6.45) is 0.748. The third kappa shape index (κ3) is 2.68. The largest absolute Gasteiger partial charge is 0.484 e. The number of carbonyl (C=O) groups excluding carboxylic acids is 1. The van der Waals surface area contributed by atoms with Crippen LogP contribution < -0.4 is 15.4 Å². The Morgan fingerprint density at radius 3 is 2.50 bits per heavy atom. The van der Waals surface area contributed by atoms with Crippen molar-refractivity contribution in [1.82, 2.24) is 10.6 Å². The fraction of sp³-hybridized carbons (Fsp3) is 0.429. The molecule has 3 N–H and O–H groups in total. The van der Waals surface area contributed by atoms with E-state index in [1.165, 1.54) is 12.1 Å². The normalized spacial score (nSPS) is 28.1. The molecule has 0 aliphatic heterocycles. The number of nitrogens with one attached hydrogen (secondary N) is 2. The quantitative estimate of drug-likeness (QED) is 0.770. The zero-order chi connectivity index (χ0) is 16.0. The molecule has 3 saturated carbocycles. The van der Waals surface area contributed by atoms with Crippen LogP contribution in [0.15, 0.2) is 18.2 Å². The number of carbonyl (C=O) groups is 2. The van der Waals surface area contributed by atoms with Gasteiger partial charge in [0, 0.05) is 11.6 Å². The number of ether oxygens (including phenoxy) is 1. The van der Waals surface area contributed by atoms with Gasteiger partial charge in [-0.3, -0.25) is 4.79 Å². The van der Waals surface area contributed by atoms with Gasteiger partial charge in [0.2, 0.25) is 0 Å². The molecule has 0 unspecified atom stereocenters. The summed E-state index contributed by atoms with van der Waals surface area (Å²) in [4.78, 5) is 22.5. The van der Waals surface area contributed by atoms with Crippen LogP contribution in [-0.4, -0.2) is 34.8 Å². The van der Waals surface area contributed by atoms with E-state index in [2.05, 4.69) is 10.6 Å². The van der Waals surface area contributed by atoms with E-state index in [0.717, 1.165) is 6.07 Å². The van der Waals surface area contributed by atoms with Crippen molar-refractivity contribution < 1.29 is 23.8 Å². The lowest BCUT2D eigenvalue weighted by Gasteiger charge is -2.69. The molecule has 118 valence electrons. The van der Waals surface area contributed by atoms with Crippen molar-refractivity contribution in [2.24, 2.45) is 0 Å². The van der Waals surface area contributed by atoms with Gasteiger partial charge < -0.3 is 20.5 Å². The van der Waals surface area contributed by atoms with Crippen LogP contribution in [0.1, 0.15) is 19.3 Å². The van der Waals surface area contributed by atoms with E-state index >= 15 is 0 Å². The van der Waals surface area contributed by atoms with Crippen LogP contribution in [0.2, 0.25) is 5.02 Å². The lowest BCUT2D eigenvalue weighted by atomic mass is 9.44. The standard InChI is InChI=1S/C14H14ClFN2O4/c15-9-3-8(1-2-10(9)16)22-4-11(19)17-13-5-14(6-13,7-13)18-12(20)21/h1-3,18H,4-7H2,(H,17,19)(H,20,21). The maximum atomic E-state index is 13.0. The molecular weight excluding hydrogens is 315 g/mol. The van der Waals surface area contributed by atoms with Crippen LogP contribution in [-0.2, 0) is 4.79 Å². The molecule has 22 heavy (non-hydrogen) atoms. The Morgan fingerprint density at radius 1 is 1.27 bits per heavy atom. The van der Waals surface area contributed by atoms with Gasteiger partial charge in [-0.05, 0) is 31.4 Å². The number of benzene rings is 1. The summed E-state index contributed by atoms with van der Waals surface area (Å²) < 4.78 is 18.2. The molecule has 0 aromatic heterocycles. The van der Waals surface area contributed by atoms with E-state index in [1.807, 2.05) is 0 Å². The van der Waals surface area contributed by atoms with Gasteiger partial charge in [0.25, 0.3) is 5.91 Å². The Morgan fingerprint density at radius 2 is 1.91 bits per heavy atom. The predicted octanol–water partition coefficient (Wildman–Crippen LogP) is 1.92. The van der Waals surface area contributed by atoms with Gasteiger partial charge in [0.15, 0.2) is 6.61 Å². The lowest BCUT2D eigenvalue weighted by molar-refractivity contribution is -0.141. The second-order valence-electron chi connectivity index (χ2n) is 5.93. The third-order valence-electron chi connectivity index (χ3n) is 4.07. The number of amides is 2. The Labute approximate surface area is 130 Å². The fourth-order valence-electron chi connectivity index (χ4n) is 3.33. The van der Waals surface area contributed by atoms with E-state index in [4.69, 9.17) is 21.4 Å². The zero-order valence-corrected chi connectivity index (χ0v) is 12.2. The average Bonchev–Trinajstić information content (AvgIpc) is 2.36. The van der Waals surface area contributed by atoms with Crippen molar-refractivity contribution in [3.63, 3.8) is 0 Å². The highest BCUT2D eigenvalue weighted by atomic mass is 35.5. The zero-order valence-electron chi connectivity index (χ0n) is 11.5.